The minimum Gasteiger partial charge on any atom is -0.508 e. The van der Waals surface area contributed by atoms with Crippen molar-refractivity contribution in [2.45, 2.75) is 116 Å². The van der Waals surface area contributed by atoms with Crippen molar-refractivity contribution < 1.29 is 30.6 Å². The van der Waals surface area contributed by atoms with Crippen LogP contribution in [0.5, 0.6) is 11.5 Å². The fourth-order valence-electron chi connectivity index (χ4n) is 7.66. The highest BCUT2D eigenvalue weighted by atomic mass is 16.3. The molecule has 0 heterocycles. The normalized spacial score (nSPS) is 12.2. The molecule has 3 aromatic rings. The van der Waals surface area contributed by atoms with Gasteiger partial charge in [0.05, 0.1) is 26.4 Å². The third kappa shape index (κ3) is 6.37. The summed E-state index contributed by atoms with van der Waals surface area (Å²) in [6, 6.07) is 15.1. The van der Waals surface area contributed by atoms with Crippen LogP contribution in [-0.2, 0) is 37.3 Å². The highest BCUT2D eigenvalue weighted by molar-refractivity contribution is 5.54. The van der Waals surface area contributed by atoms with Crippen LogP contribution in [0.25, 0.3) is 0 Å². The van der Waals surface area contributed by atoms with E-state index >= 15 is 0 Å². The van der Waals surface area contributed by atoms with Gasteiger partial charge in [0.15, 0.2) is 0 Å². The number of aliphatic hydroxyl groups excluding tert-OH is 4. The average molecular weight is 579 g/mol. The number of rotatable bonds is 16. The fourth-order valence-corrected chi connectivity index (χ4v) is 7.66. The zero-order chi connectivity index (χ0) is 30.9. The van der Waals surface area contributed by atoms with E-state index in [0.29, 0.717) is 22.3 Å². The molecular weight excluding hydrogens is 528 g/mol. The smallest absolute Gasteiger partial charge is 0.116 e. The molecule has 0 radical (unpaired) electrons. The molecule has 0 saturated carbocycles. The molecule has 0 bridgehead atoms. The number of hydrogen-bond donors (Lipinski definition) is 6. The second kappa shape index (κ2) is 15.0. The van der Waals surface area contributed by atoms with E-state index in [9.17, 15) is 30.6 Å². The standard InChI is InChI=1S/C36H50O6/c1-5-13-35(14-6-2,33-25(21-37)17-31(41)18-26(33)22-38)29-9-11-30(12-10-29)36(15-7-3,16-8-4)34-27(23-39)19-32(42)20-28(34)24-40/h9-12,17-20,37-42H,5-8,13-16,21-24H2,1-4H3. The molecule has 0 spiro atoms. The van der Waals surface area contributed by atoms with Gasteiger partial charge in [-0.15, -0.1) is 0 Å². The van der Waals surface area contributed by atoms with Crippen molar-refractivity contribution in [3.63, 3.8) is 0 Å². The van der Waals surface area contributed by atoms with Crippen LogP contribution in [0.1, 0.15) is 124 Å². The number of phenols is 2. The molecule has 0 aromatic heterocycles. The molecule has 6 N–H and O–H groups in total. The Bertz CT molecular complexity index is 1130. The monoisotopic (exact) mass is 578 g/mol. The molecule has 0 unspecified atom stereocenters. The van der Waals surface area contributed by atoms with Gasteiger partial charge in [-0.2, -0.15) is 0 Å². The summed E-state index contributed by atoms with van der Waals surface area (Å²) < 4.78 is 0. The van der Waals surface area contributed by atoms with Gasteiger partial charge in [0, 0.05) is 10.8 Å². The second-order valence-corrected chi connectivity index (χ2v) is 11.7. The van der Waals surface area contributed by atoms with E-state index in [-0.39, 0.29) is 37.9 Å². The van der Waals surface area contributed by atoms with Crippen LogP contribution in [0, 0.1) is 0 Å². The van der Waals surface area contributed by atoms with E-state index in [1.54, 1.807) is 24.3 Å². The molecule has 0 saturated heterocycles. The lowest BCUT2D eigenvalue weighted by Crippen LogP contribution is -2.33. The number of hydrogen-bond acceptors (Lipinski definition) is 6. The minimum absolute atomic E-state index is 0.0290. The van der Waals surface area contributed by atoms with Crippen LogP contribution in [0.4, 0.5) is 0 Å². The first-order chi connectivity index (χ1) is 20.2. The van der Waals surface area contributed by atoms with Crippen molar-refractivity contribution in [1.29, 1.82) is 0 Å². The Balaban J connectivity index is 2.35. The maximum Gasteiger partial charge on any atom is 0.116 e. The summed E-state index contributed by atoms with van der Waals surface area (Å²) >= 11 is 0. The summed E-state index contributed by atoms with van der Waals surface area (Å²) in [6.45, 7) is 7.60. The summed E-state index contributed by atoms with van der Waals surface area (Å²) in [7, 11) is 0. The van der Waals surface area contributed by atoms with Gasteiger partial charge < -0.3 is 30.6 Å². The third-order valence-corrected chi connectivity index (χ3v) is 8.91. The molecular formula is C36H50O6. The van der Waals surface area contributed by atoms with Crippen LogP contribution in [-0.4, -0.2) is 30.6 Å². The van der Waals surface area contributed by atoms with E-state index in [2.05, 4.69) is 52.0 Å². The summed E-state index contributed by atoms with van der Waals surface area (Å²) in [6.07, 6.45) is 6.79. The van der Waals surface area contributed by atoms with Gasteiger partial charge in [-0.05, 0) is 94.5 Å². The zero-order valence-electron chi connectivity index (χ0n) is 25.8. The van der Waals surface area contributed by atoms with Gasteiger partial charge in [0.25, 0.3) is 0 Å². The summed E-state index contributed by atoms with van der Waals surface area (Å²) in [5.74, 6) is 0.0579. The molecule has 230 valence electrons. The van der Waals surface area contributed by atoms with Crippen molar-refractivity contribution in [2.75, 3.05) is 0 Å². The molecule has 3 rings (SSSR count). The van der Waals surface area contributed by atoms with Crippen molar-refractivity contribution >= 4 is 0 Å². The first-order valence-corrected chi connectivity index (χ1v) is 15.5. The maximum absolute atomic E-state index is 10.4. The van der Waals surface area contributed by atoms with Crippen molar-refractivity contribution in [1.82, 2.24) is 0 Å². The molecule has 42 heavy (non-hydrogen) atoms. The molecule has 0 aliphatic heterocycles. The highest BCUT2D eigenvalue weighted by Gasteiger charge is 2.39. The third-order valence-electron chi connectivity index (χ3n) is 8.91. The number of aromatic hydroxyl groups is 2. The largest absolute Gasteiger partial charge is 0.508 e. The predicted octanol–water partition coefficient (Wildman–Crippen LogP) is 6.84. The summed E-state index contributed by atoms with van der Waals surface area (Å²) in [5, 5.41) is 62.2. The van der Waals surface area contributed by atoms with E-state index < -0.39 is 10.8 Å². The Hall–Kier alpha value is -2.90. The van der Waals surface area contributed by atoms with Crippen LogP contribution in [0.15, 0.2) is 48.5 Å². The van der Waals surface area contributed by atoms with E-state index in [4.69, 9.17) is 0 Å². The van der Waals surface area contributed by atoms with Gasteiger partial charge in [0.2, 0.25) is 0 Å². The van der Waals surface area contributed by atoms with Gasteiger partial charge in [-0.1, -0.05) is 77.6 Å². The average Bonchev–Trinajstić information content (AvgIpc) is 2.99. The Kier molecular flexibility index (Phi) is 12.0. The second-order valence-electron chi connectivity index (χ2n) is 11.7. The molecule has 6 heteroatoms. The first-order valence-electron chi connectivity index (χ1n) is 15.5. The van der Waals surface area contributed by atoms with Crippen LogP contribution >= 0.6 is 0 Å². The number of aliphatic hydroxyl groups is 4. The number of phenolic OH excluding ortho intramolecular Hbond substituents is 2. The van der Waals surface area contributed by atoms with E-state index in [0.717, 1.165) is 73.6 Å². The lowest BCUT2D eigenvalue weighted by molar-refractivity contribution is 0.263. The van der Waals surface area contributed by atoms with Crippen molar-refractivity contribution in [3.05, 3.63) is 93.0 Å². The van der Waals surface area contributed by atoms with Crippen LogP contribution < -0.4 is 0 Å². The lowest BCUT2D eigenvalue weighted by Gasteiger charge is -2.40. The quantitative estimate of drug-likeness (QED) is 0.111. The van der Waals surface area contributed by atoms with E-state index in [1.165, 1.54) is 0 Å². The van der Waals surface area contributed by atoms with Crippen LogP contribution in [0.3, 0.4) is 0 Å². The van der Waals surface area contributed by atoms with Gasteiger partial charge >= 0.3 is 0 Å². The molecule has 6 nitrogen and oxygen atoms in total. The lowest BCUT2D eigenvalue weighted by atomic mass is 9.63. The Morgan fingerprint density at radius 3 is 0.881 bits per heavy atom. The number of benzene rings is 3. The molecule has 0 fully saturated rings. The maximum atomic E-state index is 10.4. The Morgan fingerprint density at radius 1 is 0.452 bits per heavy atom. The summed E-state index contributed by atoms with van der Waals surface area (Å²) in [4.78, 5) is 0. The highest BCUT2D eigenvalue weighted by Crippen LogP contribution is 2.48. The van der Waals surface area contributed by atoms with Gasteiger partial charge in [-0.25, -0.2) is 0 Å². The first kappa shape index (κ1) is 33.6. The van der Waals surface area contributed by atoms with Gasteiger partial charge in [0.1, 0.15) is 11.5 Å². The molecule has 0 amide bonds. The fraction of sp³-hybridized carbons (Fsp3) is 0.500. The summed E-state index contributed by atoms with van der Waals surface area (Å²) in [5.41, 5.74) is 5.49. The van der Waals surface area contributed by atoms with E-state index in [1.807, 2.05) is 0 Å². The molecule has 3 aromatic carbocycles. The molecule has 0 aliphatic rings. The SMILES string of the molecule is CCCC(CCC)(c1ccc(C(CCC)(CCC)c2c(CO)cc(O)cc2CO)cc1)c1c(CO)cc(O)cc1CO. The zero-order valence-corrected chi connectivity index (χ0v) is 25.8. The predicted molar refractivity (Wildman–Crippen MR) is 168 cm³/mol. The Labute approximate surface area is 251 Å². The van der Waals surface area contributed by atoms with Crippen LogP contribution in [0.2, 0.25) is 0 Å². The molecule has 0 aliphatic carbocycles. The topological polar surface area (TPSA) is 121 Å². The minimum atomic E-state index is -0.477. The molecule has 0 atom stereocenters. The van der Waals surface area contributed by atoms with Gasteiger partial charge in [-0.3, -0.25) is 0 Å². The van der Waals surface area contributed by atoms with Crippen molar-refractivity contribution in [3.8, 4) is 11.5 Å². The van der Waals surface area contributed by atoms with Crippen molar-refractivity contribution in [2.24, 2.45) is 0 Å². The Morgan fingerprint density at radius 2 is 0.690 bits per heavy atom.